The Hall–Kier alpha value is -3.35. The molecule has 0 aliphatic heterocycles. The molecule has 0 atom stereocenters. The number of fused-ring (bicyclic) bond motifs is 1. The van der Waals surface area contributed by atoms with Crippen molar-refractivity contribution in [3.63, 3.8) is 0 Å². The molecule has 0 amide bonds. The Morgan fingerprint density at radius 3 is 1.89 bits per heavy atom. The highest BCUT2D eigenvalue weighted by Crippen LogP contribution is 2.43. The van der Waals surface area contributed by atoms with Crippen molar-refractivity contribution in [1.29, 1.82) is 0 Å². The van der Waals surface area contributed by atoms with Crippen molar-refractivity contribution in [3.8, 4) is 40.1 Å². The van der Waals surface area contributed by atoms with Crippen LogP contribution in [-0.4, -0.2) is 35.5 Å². The van der Waals surface area contributed by atoms with Crippen LogP contribution in [-0.2, 0) is 0 Å². The van der Waals surface area contributed by atoms with E-state index in [0.29, 0.717) is 22.8 Å². The number of rotatable bonds is 6. The van der Waals surface area contributed by atoms with Gasteiger partial charge in [0.25, 0.3) is 0 Å². The predicted octanol–water partition coefficient (Wildman–Crippen LogP) is 3.50. The van der Waals surface area contributed by atoms with E-state index in [4.69, 9.17) is 28.1 Å². The van der Waals surface area contributed by atoms with Gasteiger partial charge in [-0.25, -0.2) is 0 Å². The molecule has 2 aromatic carbocycles. The average Bonchev–Trinajstić information content (AvgIpc) is 2.72. The Balaban J connectivity index is 2.41. The van der Waals surface area contributed by atoms with Crippen LogP contribution in [0.3, 0.4) is 0 Å². The third-order valence-corrected chi connectivity index (χ3v) is 4.21. The fourth-order valence-corrected chi connectivity index (χ4v) is 2.90. The minimum absolute atomic E-state index is 0.0567. The van der Waals surface area contributed by atoms with E-state index in [-0.39, 0.29) is 28.2 Å². The van der Waals surface area contributed by atoms with E-state index in [1.807, 2.05) is 0 Å². The van der Waals surface area contributed by atoms with Crippen LogP contribution in [0.25, 0.3) is 22.3 Å². The molecule has 27 heavy (non-hydrogen) atoms. The fourth-order valence-electron chi connectivity index (χ4n) is 2.90. The molecule has 0 fully saturated rings. The maximum absolute atomic E-state index is 13.2. The molecule has 1 aromatic heterocycles. The summed E-state index contributed by atoms with van der Waals surface area (Å²) in [6.07, 6.45) is 0. The van der Waals surface area contributed by atoms with Crippen LogP contribution < -0.4 is 29.1 Å². The Kier molecular flexibility index (Phi) is 5.12. The number of benzene rings is 2. The van der Waals surface area contributed by atoms with Gasteiger partial charge in [-0.15, -0.1) is 0 Å². The molecule has 3 rings (SSSR count). The average molecular weight is 372 g/mol. The Morgan fingerprint density at radius 1 is 0.741 bits per heavy atom. The zero-order valence-corrected chi connectivity index (χ0v) is 15.7. The van der Waals surface area contributed by atoms with Crippen LogP contribution in [0.5, 0.6) is 28.7 Å². The lowest BCUT2D eigenvalue weighted by atomic mass is 10.1. The molecule has 7 heteroatoms. The summed E-state index contributed by atoms with van der Waals surface area (Å²) < 4.78 is 32.7. The first-order chi connectivity index (χ1) is 13.1. The first-order valence-corrected chi connectivity index (χ1v) is 8.07. The summed E-state index contributed by atoms with van der Waals surface area (Å²) in [5.74, 6) is 1.97. The summed E-state index contributed by atoms with van der Waals surface area (Å²) in [5.41, 5.74) is 0.508. The summed E-state index contributed by atoms with van der Waals surface area (Å²) in [4.78, 5) is 13.2. The lowest BCUT2D eigenvalue weighted by Crippen LogP contribution is -2.10. The Bertz CT molecular complexity index is 1020. The van der Waals surface area contributed by atoms with Crippen LogP contribution >= 0.6 is 0 Å². The highest BCUT2D eigenvalue weighted by Gasteiger charge is 2.25. The number of hydrogen-bond donors (Lipinski definition) is 0. The van der Waals surface area contributed by atoms with Gasteiger partial charge in [-0.2, -0.15) is 0 Å². The predicted molar refractivity (Wildman–Crippen MR) is 101 cm³/mol. The van der Waals surface area contributed by atoms with Gasteiger partial charge in [-0.3, -0.25) is 4.79 Å². The molecule has 0 aliphatic carbocycles. The van der Waals surface area contributed by atoms with Crippen molar-refractivity contribution in [1.82, 2.24) is 0 Å². The van der Waals surface area contributed by atoms with E-state index in [1.165, 1.54) is 28.4 Å². The quantitative estimate of drug-likeness (QED) is 0.655. The SMILES string of the molecule is COc1ccc(-c2oc3c(OC)cc(OC)c(OC)c3c(=O)c2OC)cc1. The second kappa shape index (κ2) is 7.49. The van der Waals surface area contributed by atoms with Crippen molar-refractivity contribution >= 4 is 11.0 Å². The normalized spacial score (nSPS) is 10.6. The lowest BCUT2D eigenvalue weighted by Gasteiger charge is -2.15. The molecule has 0 aliphatic rings. The molecule has 0 N–H and O–H groups in total. The highest BCUT2D eigenvalue weighted by molar-refractivity contribution is 5.93. The molecule has 142 valence electrons. The van der Waals surface area contributed by atoms with E-state index in [0.717, 1.165) is 0 Å². The summed E-state index contributed by atoms with van der Waals surface area (Å²) in [6.45, 7) is 0. The Morgan fingerprint density at radius 2 is 1.37 bits per heavy atom. The largest absolute Gasteiger partial charge is 0.497 e. The molecule has 0 bridgehead atoms. The van der Waals surface area contributed by atoms with Crippen molar-refractivity contribution in [3.05, 3.63) is 40.6 Å². The van der Waals surface area contributed by atoms with Crippen molar-refractivity contribution in [2.45, 2.75) is 0 Å². The second-order valence-corrected chi connectivity index (χ2v) is 5.54. The first kappa shape index (κ1) is 18.4. The van der Waals surface area contributed by atoms with Crippen molar-refractivity contribution < 1.29 is 28.1 Å². The summed E-state index contributed by atoms with van der Waals surface area (Å²) in [6, 6.07) is 8.70. The minimum Gasteiger partial charge on any atom is -0.497 e. The molecule has 0 saturated carbocycles. The van der Waals surface area contributed by atoms with E-state index >= 15 is 0 Å². The van der Waals surface area contributed by atoms with Crippen molar-refractivity contribution in [2.75, 3.05) is 35.5 Å². The maximum atomic E-state index is 13.2. The number of hydrogen-bond acceptors (Lipinski definition) is 7. The van der Waals surface area contributed by atoms with Gasteiger partial charge in [-0.05, 0) is 24.3 Å². The van der Waals surface area contributed by atoms with E-state index in [2.05, 4.69) is 0 Å². The van der Waals surface area contributed by atoms with E-state index < -0.39 is 5.43 Å². The minimum atomic E-state index is -0.390. The highest BCUT2D eigenvalue weighted by atomic mass is 16.5. The monoisotopic (exact) mass is 372 g/mol. The second-order valence-electron chi connectivity index (χ2n) is 5.54. The standard InChI is InChI=1S/C20H20O7/c1-22-12-8-6-11(7-9-12)17-20(26-5)16(21)15-18(25-4)13(23-2)10-14(24-3)19(15)27-17/h6-10H,1-5H3. The van der Waals surface area contributed by atoms with E-state index in [9.17, 15) is 4.79 Å². The Labute approximate surface area is 156 Å². The van der Waals surface area contributed by atoms with Gasteiger partial charge in [0.05, 0.1) is 35.5 Å². The molecular weight excluding hydrogens is 352 g/mol. The van der Waals surface area contributed by atoms with Crippen LogP contribution in [0.1, 0.15) is 0 Å². The molecule has 1 heterocycles. The van der Waals surface area contributed by atoms with Crippen LogP contribution in [0, 0.1) is 0 Å². The van der Waals surface area contributed by atoms with Gasteiger partial charge in [0.2, 0.25) is 11.2 Å². The molecule has 0 radical (unpaired) electrons. The zero-order valence-electron chi connectivity index (χ0n) is 15.7. The molecule has 0 saturated heterocycles. The van der Waals surface area contributed by atoms with Crippen LogP contribution in [0.2, 0.25) is 0 Å². The number of methoxy groups -OCH3 is 5. The van der Waals surface area contributed by atoms with Gasteiger partial charge in [0.15, 0.2) is 28.6 Å². The van der Waals surface area contributed by atoms with Crippen LogP contribution in [0.15, 0.2) is 39.5 Å². The summed E-state index contributed by atoms with van der Waals surface area (Å²) >= 11 is 0. The van der Waals surface area contributed by atoms with Crippen molar-refractivity contribution in [2.24, 2.45) is 0 Å². The van der Waals surface area contributed by atoms with Gasteiger partial charge >= 0.3 is 0 Å². The van der Waals surface area contributed by atoms with Gasteiger partial charge < -0.3 is 28.1 Å². The van der Waals surface area contributed by atoms with Gasteiger partial charge in [-0.1, -0.05) is 0 Å². The third kappa shape index (κ3) is 3.01. The molecular formula is C20H20O7. The lowest BCUT2D eigenvalue weighted by molar-refractivity contribution is 0.349. The van der Waals surface area contributed by atoms with Gasteiger partial charge in [0, 0.05) is 11.6 Å². The maximum Gasteiger partial charge on any atom is 0.239 e. The summed E-state index contributed by atoms with van der Waals surface area (Å²) in [7, 11) is 7.41. The fraction of sp³-hybridized carbons (Fsp3) is 0.250. The van der Waals surface area contributed by atoms with Gasteiger partial charge in [0.1, 0.15) is 11.1 Å². The first-order valence-electron chi connectivity index (χ1n) is 8.07. The topological polar surface area (TPSA) is 76.4 Å². The third-order valence-electron chi connectivity index (χ3n) is 4.21. The number of ether oxygens (including phenoxy) is 5. The van der Waals surface area contributed by atoms with Crippen LogP contribution in [0.4, 0.5) is 0 Å². The molecule has 0 unspecified atom stereocenters. The van der Waals surface area contributed by atoms with E-state index in [1.54, 1.807) is 37.4 Å². The molecule has 3 aromatic rings. The molecule has 7 nitrogen and oxygen atoms in total. The smallest absolute Gasteiger partial charge is 0.239 e. The summed E-state index contributed by atoms with van der Waals surface area (Å²) in [5, 5.41) is 0.183. The zero-order chi connectivity index (χ0) is 19.6. The molecule has 0 spiro atoms.